The van der Waals surface area contributed by atoms with E-state index in [0.29, 0.717) is 5.82 Å². The maximum atomic E-state index is 11.6. The van der Waals surface area contributed by atoms with Crippen LogP contribution in [0.4, 0.5) is 0 Å². The van der Waals surface area contributed by atoms with E-state index >= 15 is 0 Å². The Hall–Kier alpha value is -1.82. The predicted molar refractivity (Wildman–Crippen MR) is 78.3 cm³/mol. The summed E-state index contributed by atoms with van der Waals surface area (Å²) in [6.45, 7) is 5.91. The normalized spacial score (nSPS) is 12.4. The van der Waals surface area contributed by atoms with E-state index in [1.165, 1.54) is 12.4 Å². The maximum absolute atomic E-state index is 11.6. The summed E-state index contributed by atoms with van der Waals surface area (Å²) in [4.78, 5) is 4.10. The molecule has 0 bridgehead atoms. The van der Waals surface area contributed by atoms with Gasteiger partial charge in [-0.3, -0.25) is 0 Å². The highest BCUT2D eigenvalue weighted by molar-refractivity contribution is 7.89. The predicted octanol–water partition coefficient (Wildman–Crippen LogP) is 2.54. The molecule has 1 aromatic heterocycles. The SMILES string of the molecule is CC(C)(C)Oc1ccc(-c2nccn2S(C)(=O)=O)cc1. The molecule has 0 spiro atoms. The highest BCUT2D eigenvalue weighted by Crippen LogP contribution is 2.24. The van der Waals surface area contributed by atoms with Gasteiger partial charge in [0.25, 0.3) is 0 Å². The zero-order valence-electron chi connectivity index (χ0n) is 12.0. The van der Waals surface area contributed by atoms with Gasteiger partial charge in [-0.2, -0.15) is 0 Å². The number of ether oxygens (including phenoxy) is 1. The van der Waals surface area contributed by atoms with Gasteiger partial charge < -0.3 is 4.74 Å². The molecular weight excluding hydrogens is 276 g/mol. The van der Waals surface area contributed by atoms with Crippen LogP contribution in [0.5, 0.6) is 5.75 Å². The van der Waals surface area contributed by atoms with Crippen molar-refractivity contribution in [3.63, 3.8) is 0 Å². The van der Waals surface area contributed by atoms with E-state index < -0.39 is 10.0 Å². The number of imidazole rings is 1. The van der Waals surface area contributed by atoms with Gasteiger partial charge in [-0.15, -0.1) is 0 Å². The van der Waals surface area contributed by atoms with Gasteiger partial charge in [0.1, 0.15) is 11.4 Å². The van der Waals surface area contributed by atoms with Crippen LogP contribution >= 0.6 is 0 Å². The van der Waals surface area contributed by atoms with Crippen LogP contribution in [0, 0.1) is 0 Å². The summed E-state index contributed by atoms with van der Waals surface area (Å²) in [6.07, 6.45) is 4.05. The fourth-order valence-corrected chi connectivity index (χ4v) is 2.53. The highest BCUT2D eigenvalue weighted by atomic mass is 32.2. The number of aromatic nitrogens is 2. The standard InChI is InChI=1S/C14H18N2O3S/c1-14(2,3)19-12-7-5-11(6-8-12)13-15-9-10-16(13)20(4,17)18/h5-10H,1-4H3. The number of rotatable bonds is 3. The van der Waals surface area contributed by atoms with Gasteiger partial charge in [-0.25, -0.2) is 17.4 Å². The van der Waals surface area contributed by atoms with Crippen molar-refractivity contribution in [3.8, 4) is 17.1 Å². The van der Waals surface area contributed by atoms with Crippen LogP contribution in [-0.2, 0) is 10.0 Å². The molecule has 0 aliphatic carbocycles. The Balaban J connectivity index is 2.34. The van der Waals surface area contributed by atoms with Crippen molar-refractivity contribution < 1.29 is 13.2 Å². The molecule has 2 rings (SSSR count). The molecule has 108 valence electrons. The van der Waals surface area contributed by atoms with Gasteiger partial charge >= 0.3 is 0 Å². The van der Waals surface area contributed by atoms with Crippen molar-refractivity contribution >= 4 is 10.0 Å². The first-order valence-corrected chi connectivity index (χ1v) is 8.05. The summed E-state index contributed by atoms with van der Waals surface area (Å²) in [5, 5.41) is 0. The third-order valence-electron chi connectivity index (χ3n) is 2.50. The first kappa shape index (κ1) is 14.6. The molecule has 0 aliphatic heterocycles. The first-order valence-electron chi connectivity index (χ1n) is 6.20. The van der Waals surface area contributed by atoms with Gasteiger partial charge in [-0.05, 0) is 45.0 Å². The zero-order valence-corrected chi connectivity index (χ0v) is 12.8. The Labute approximate surface area is 119 Å². The minimum absolute atomic E-state index is 0.271. The molecule has 0 amide bonds. The van der Waals surface area contributed by atoms with Crippen LogP contribution in [-0.4, -0.2) is 29.2 Å². The third kappa shape index (κ3) is 3.39. The van der Waals surface area contributed by atoms with Gasteiger partial charge in [0, 0.05) is 18.0 Å². The minimum Gasteiger partial charge on any atom is -0.488 e. The summed E-state index contributed by atoms with van der Waals surface area (Å²) in [6, 6.07) is 7.21. The Morgan fingerprint density at radius 2 is 1.75 bits per heavy atom. The quantitative estimate of drug-likeness (QED) is 0.872. The minimum atomic E-state index is -3.35. The molecule has 6 heteroatoms. The van der Waals surface area contributed by atoms with Crippen molar-refractivity contribution in [1.82, 2.24) is 8.96 Å². The lowest BCUT2D eigenvalue weighted by Crippen LogP contribution is -2.22. The maximum Gasteiger partial charge on any atom is 0.237 e. The largest absolute Gasteiger partial charge is 0.488 e. The summed E-state index contributed by atoms with van der Waals surface area (Å²) >= 11 is 0. The molecule has 0 atom stereocenters. The highest BCUT2D eigenvalue weighted by Gasteiger charge is 2.15. The van der Waals surface area contributed by atoms with E-state index in [1.54, 1.807) is 12.1 Å². The molecule has 0 saturated heterocycles. The lowest BCUT2D eigenvalue weighted by Gasteiger charge is -2.21. The van der Waals surface area contributed by atoms with Crippen molar-refractivity contribution in [2.24, 2.45) is 0 Å². The summed E-state index contributed by atoms with van der Waals surface area (Å²) < 4.78 is 30.2. The monoisotopic (exact) mass is 294 g/mol. The number of benzene rings is 1. The van der Waals surface area contributed by atoms with Crippen LogP contribution in [0.25, 0.3) is 11.4 Å². The van der Waals surface area contributed by atoms with Gasteiger partial charge in [0.2, 0.25) is 10.0 Å². The van der Waals surface area contributed by atoms with E-state index in [-0.39, 0.29) is 5.60 Å². The second kappa shape index (κ2) is 4.94. The summed E-state index contributed by atoms with van der Waals surface area (Å²) in [5.41, 5.74) is 0.453. The topological polar surface area (TPSA) is 61.2 Å². The number of hydrogen-bond donors (Lipinski definition) is 0. The zero-order chi connectivity index (χ0) is 15.0. The van der Waals surface area contributed by atoms with Crippen molar-refractivity contribution in [3.05, 3.63) is 36.7 Å². The molecule has 0 fully saturated rings. The Bertz CT molecular complexity index is 695. The lowest BCUT2D eigenvalue weighted by molar-refractivity contribution is 0.131. The fourth-order valence-electron chi connectivity index (χ4n) is 1.79. The van der Waals surface area contributed by atoms with E-state index in [4.69, 9.17) is 4.74 Å². The van der Waals surface area contributed by atoms with Gasteiger partial charge in [0.15, 0.2) is 5.82 Å². The second-order valence-corrected chi connectivity index (χ2v) is 7.41. The van der Waals surface area contributed by atoms with Crippen LogP contribution in [0.2, 0.25) is 0 Å². The van der Waals surface area contributed by atoms with Crippen LogP contribution in [0.15, 0.2) is 36.7 Å². The molecule has 0 saturated carbocycles. The molecule has 0 N–H and O–H groups in total. The average Bonchev–Trinajstić information content (AvgIpc) is 2.76. The number of hydrogen-bond acceptors (Lipinski definition) is 4. The smallest absolute Gasteiger partial charge is 0.237 e. The van der Waals surface area contributed by atoms with Gasteiger partial charge in [0.05, 0.1) is 6.26 Å². The molecule has 1 aromatic carbocycles. The van der Waals surface area contributed by atoms with Gasteiger partial charge in [-0.1, -0.05) is 0 Å². The first-order chi connectivity index (χ1) is 9.17. The van der Waals surface area contributed by atoms with Crippen LogP contribution in [0.3, 0.4) is 0 Å². The van der Waals surface area contributed by atoms with Crippen LogP contribution < -0.4 is 4.74 Å². The molecule has 5 nitrogen and oxygen atoms in total. The Morgan fingerprint density at radius 1 is 1.15 bits per heavy atom. The fraction of sp³-hybridized carbons (Fsp3) is 0.357. The average molecular weight is 294 g/mol. The number of nitrogens with zero attached hydrogens (tertiary/aromatic N) is 2. The molecule has 0 unspecified atom stereocenters. The van der Waals surface area contributed by atoms with E-state index in [0.717, 1.165) is 21.5 Å². The summed E-state index contributed by atoms with van der Waals surface area (Å²) in [5.74, 6) is 1.13. The second-order valence-electron chi connectivity index (χ2n) is 5.55. The van der Waals surface area contributed by atoms with E-state index in [2.05, 4.69) is 4.98 Å². The van der Waals surface area contributed by atoms with Crippen molar-refractivity contribution in [2.75, 3.05) is 6.26 Å². The van der Waals surface area contributed by atoms with Crippen molar-refractivity contribution in [2.45, 2.75) is 26.4 Å². The molecular formula is C14H18N2O3S. The lowest BCUT2D eigenvalue weighted by atomic mass is 10.1. The van der Waals surface area contributed by atoms with E-state index in [1.807, 2.05) is 32.9 Å². The Kier molecular flexibility index (Phi) is 3.60. The van der Waals surface area contributed by atoms with Crippen LogP contribution in [0.1, 0.15) is 20.8 Å². The molecule has 20 heavy (non-hydrogen) atoms. The molecule has 1 heterocycles. The third-order valence-corrected chi connectivity index (χ3v) is 3.51. The Morgan fingerprint density at radius 3 is 2.25 bits per heavy atom. The molecule has 0 radical (unpaired) electrons. The molecule has 2 aromatic rings. The molecule has 0 aliphatic rings. The van der Waals surface area contributed by atoms with Crippen molar-refractivity contribution in [1.29, 1.82) is 0 Å². The summed E-state index contributed by atoms with van der Waals surface area (Å²) in [7, 11) is -3.35. The van der Waals surface area contributed by atoms with E-state index in [9.17, 15) is 8.42 Å².